The van der Waals surface area contributed by atoms with Crippen molar-refractivity contribution in [2.24, 2.45) is 0 Å². The van der Waals surface area contributed by atoms with Gasteiger partial charge in [-0.15, -0.1) is 0 Å². The van der Waals surface area contributed by atoms with Crippen molar-refractivity contribution < 1.29 is 9.31 Å². The Labute approximate surface area is 115 Å². The highest BCUT2D eigenvalue weighted by molar-refractivity contribution is 5.70. The molecule has 0 aliphatic carbocycles. The molecule has 0 aromatic heterocycles. The quantitative estimate of drug-likeness (QED) is 0.529. The lowest BCUT2D eigenvalue weighted by molar-refractivity contribution is -0.384. The molecule has 0 heterocycles. The Hall–Kier alpha value is -2.63. The maximum atomic E-state index is 13.1. The minimum absolute atomic E-state index is 0.0506. The van der Waals surface area contributed by atoms with Crippen molar-refractivity contribution in [3.8, 4) is 0 Å². The number of anilines is 2. The van der Waals surface area contributed by atoms with Crippen molar-refractivity contribution in [2.75, 3.05) is 17.7 Å². The van der Waals surface area contributed by atoms with Crippen molar-refractivity contribution in [3.63, 3.8) is 0 Å². The number of nitro groups is 1. The van der Waals surface area contributed by atoms with Gasteiger partial charge in [0.05, 0.1) is 16.3 Å². The molecule has 0 aliphatic rings. The number of nitrogen functional groups attached to an aromatic ring is 1. The fourth-order valence-corrected chi connectivity index (χ4v) is 2.00. The number of benzene rings is 2. The van der Waals surface area contributed by atoms with E-state index in [0.717, 1.165) is 5.56 Å². The first kappa shape index (κ1) is 13.8. The summed E-state index contributed by atoms with van der Waals surface area (Å²) in [5, 5.41) is 10.7. The molecule has 2 rings (SSSR count). The Morgan fingerprint density at radius 1 is 1.30 bits per heavy atom. The van der Waals surface area contributed by atoms with Crippen LogP contribution in [0.4, 0.5) is 21.5 Å². The Bertz CT molecular complexity index is 646. The van der Waals surface area contributed by atoms with Gasteiger partial charge < -0.3 is 10.6 Å². The van der Waals surface area contributed by atoms with Crippen LogP contribution in [-0.2, 0) is 6.54 Å². The summed E-state index contributed by atoms with van der Waals surface area (Å²) in [6.07, 6.45) is 0. The molecule has 0 atom stereocenters. The van der Waals surface area contributed by atoms with Crippen LogP contribution < -0.4 is 10.6 Å². The Balaban J connectivity index is 2.21. The number of hydrogen-bond donors (Lipinski definition) is 1. The smallest absolute Gasteiger partial charge is 0.271 e. The van der Waals surface area contributed by atoms with E-state index in [2.05, 4.69) is 0 Å². The van der Waals surface area contributed by atoms with Gasteiger partial charge in [-0.1, -0.05) is 12.1 Å². The van der Waals surface area contributed by atoms with Crippen LogP contribution in [0.5, 0.6) is 0 Å². The van der Waals surface area contributed by atoms with E-state index in [-0.39, 0.29) is 11.5 Å². The molecule has 0 bridgehead atoms. The van der Waals surface area contributed by atoms with Crippen LogP contribution in [0.1, 0.15) is 5.56 Å². The molecular weight excluding hydrogens is 261 g/mol. The molecule has 6 heteroatoms. The van der Waals surface area contributed by atoms with E-state index in [1.54, 1.807) is 25.2 Å². The Morgan fingerprint density at radius 2 is 2.05 bits per heavy atom. The van der Waals surface area contributed by atoms with Crippen LogP contribution in [0.25, 0.3) is 0 Å². The number of non-ortho nitro benzene ring substituents is 1. The Morgan fingerprint density at radius 3 is 2.65 bits per heavy atom. The van der Waals surface area contributed by atoms with Crippen molar-refractivity contribution >= 4 is 17.1 Å². The van der Waals surface area contributed by atoms with Crippen molar-refractivity contribution in [2.45, 2.75) is 6.54 Å². The number of hydrogen-bond acceptors (Lipinski definition) is 4. The van der Waals surface area contributed by atoms with Crippen LogP contribution in [0.3, 0.4) is 0 Å². The average Bonchev–Trinajstić information content (AvgIpc) is 2.38. The summed E-state index contributed by atoms with van der Waals surface area (Å²) >= 11 is 0. The number of halogens is 1. The molecule has 2 aromatic rings. The van der Waals surface area contributed by atoms with Gasteiger partial charge in [-0.25, -0.2) is 4.39 Å². The van der Waals surface area contributed by atoms with Crippen LogP contribution >= 0.6 is 0 Å². The van der Waals surface area contributed by atoms with Crippen LogP contribution in [-0.4, -0.2) is 12.0 Å². The second kappa shape index (κ2) is 5.56. The van der Waals surface area contributed by atoms with Gasteiger partial charge in [-0.2, -0.15) is 0 Å². The third kappa shape index (κ3) is 3.03. The molecule has 2 aromatic carbocycles. The summed E-state index contributed by atoms with van der Waals surface area (Å²) in [4.78, 5) is 12.0. The summed E-state index contributed by atoms with van der Waals surface area (Å²) in [5.41, 5.74) is 7.55. The average molecular weight is 275 g/mol. The second-order valence-electron chi connectivity index (χ2n) is 4.49. The molecular formula is C14H14FN3O2. The predicted molar refractivity (Wildman–Crippen MR) is 76.0 cm³/mol. The SMILES string of the molecule is CN(Cc1cccc(F)c1)c1ccc([N+](=O)[O-])cc1N. The maximum Gasteiger partial charge on any atom is 0.271 e. The number of nitro benzene ring substituents is 1. The van der Waals surface area contributed by atoms with Gasteiger partial charge in [0.25, 0.3) is 5.69 Å². The van der Waals surface area contributed by atoms with Gasteiger partial charge in [-0.05, 0) is 23.8 Å². The molecule has 20 heavy (non-hydrogen) atoms. The molecule has 104 valence electrons. The van der Waals surface area contributed by atoms with E-state index in [1.807, 2.05) is 4.90 Å². The van der Waals surface area contributed by atoms with E-state index < -0.39 is 4.92 Å². The van der Waals surface area contributed by atoms with Crippen molar-refractivity contribution in [1.29, 1.82) is 0 Å². The van der Waals surface area contributed by atoms with E-state index >= 15 is 0 Å². The summed E-state index contributed by atoms with van der Waals surface area (Å²) in [5.74, 6) is -0.299. The van der Waals surface area contributed by atoms with E-state index in [0.29, 0.717) is 17.9 Å². The van der Waals surface area contributed by atoms with E-state index in [1.165, 1.54) is 24.3 Å². The molecule has 0 saturated carbocycles. The van der Waals surface area contributed by atoms with Gasteiger partial charge in [0.15, 0.2) is 0 Å². The van der Waals surface area contributed by atoms with Crippen molar-refractivity contribution in [3.05, 3.63) is 64.0 Å². The monoisotopic (exact) mass is 275 g/mol. The van der Waals surface area contributed by atoms with Gasteiger partial charge >= 0.3 is 0 Å². The lowest BCUT2D eigenvalue weighted by Gasteiger charge is -2.21. The molecule has 0 aliphatic heterocycles. The van der Waals surface area contributed by atoms with E-state index in [4.69, 9.17) is 5.73 Å². The van der Waals surface area contributed by atoms with Gasteiger partial charge in [-0.3, -0.25) is 10.1 Å². The normalized spacial score (nSPS) is 10.3. The Kier molecular flexibility index (Phi) is 3.84. The zero-order chi connectivity index (χ0) is 14.7. The topological polar surface area (TPSA) is 72.4 Å². The summed E-state index contributed by atoms with van der Waals surface area (Å²) < 4.78 is 13.1. The molecule has 0 unspecified atom stereocenters. The van der Waals surface area contributed by atoms with Crippen LogP contribution in [0, 0.1) is 15.9 Å². The highest BCUT2D eigenvalue weighted by Crippen LogP contribution is 2.27. The molecule has 0 radical (unpaired) electrons. The lowest BCUT2D eigenvalue weighted by Crippen LogP contribution is -2.17. The first-order valence-corrected chi connectivity index (χ1v) is 5.97. The fraction of sp³-hybridized carbons (Fsp3) is 0.143. The van der Waals surface area contributed by atoms with Crippen LogP contribution in [0.2, 0.25) is 0 Å². The molecule has 2 N–H and O–H groups in total. The zero-order valence-corrected chi connectivity index (χ0v) is 10.9. The maximum absolute atomic E-state index is 13.1. The molecule has 0 saturated heterocycles. The first-order chi connectivity index (χ1) is 9.47. The van der Waals surface area contributed by atoms with Gasteiger partial charge in [0.2, 0.25) is 0 Å². The third-order valence-electron chi connectivity index (χ3n) is 2.94. The summed E-state index contributed by atoms with van der Waals surface area (Å²) in [7, 11) is 1.79. The predicted octanol–water partition coefficient (Wildman–Crippen LogP) is 2.95. The standard InChI is InChI=1S/C14H14FN3O2/c1-17(9-10-3-2-4-11(15)7-10)14-6-5-12(18(19)20)8-13(14)16/h2-8H,9,16H2,1H3. The second-order valence-corrected chi connectivity index (χ2v) is 4.49. The van der Waals surface area contributed by atoms with E-state index in [9.17, 15) is 14.5 Å². The molecule has 5 nitrogen and oxygen atoms in total. The number of nitrogens with zero attached hydrogens (tertiary/aromatic N) is 2. The molecule has 0 fully saturated rings. The largest absolute Gasteiger partial charge is 0.397 e. The number of rotatable bonds is 4. The summed E-state index contributed by atoms with van der Waals surface area (Å²) in [6.45, 7) is 0.458. The first-order valence-electron chi connectivity index (χ1n) is 5.97. The number of nitrogens with two attached hydrogens (primary N) is 1. The highest BCUT2D eigenvalue weighted by atomic mass is 19.1. The third-order valence-corrected chi connectivity index (χ3v) is 2.94. The summed E-state index contributed by atoms with van der Waals surface area (Å²) in [6, 6.07) is 10.6. The zero-order valence-electron chi connectivity index (χ0n) is 10.9. The fourth-order valence-electron chi connectivity index (χ4n) is 2.00. The minimum atomic E-state index is -0.493. The molecule has 0 amide bonds. The molecule has 0 spiro atoms. The van der Waals surface area contributed by atoms with Gasteiger partial charge in [0.1, 0.15) is 5.82 Å². The van der Waals surface area contributed by atoms with Gasteiger partial charge in [0, 0.05) is 25.7 Å². The minimum Gasteiger partial charge on any atom is -0.397 e. The highest BCUT2D eigenvalue weighted by Gasteiger charge is 2.12. The van der Waals surface area contributed by atoms with Crippen LogP contribution in [0.15, 0.2) is 42.5 Å². The lowest BCUT2D eigenvalue weighted by atomic mass is 10.2. The van der Waals surface area contributed by atoms with Crippen molar-refractivity contribution in [1.82, 2.24) is 0 Å².